The van der Waals surface area contributed by atoms with Gasteiger partial charge in [-0.25, -0.2) is 0 Å². The Morgan fingerprint density at radius 1 is 1.21 bits per heavy atom. The lowest BCUT2D eigenvalue weighted by Crippen LogP contribution is -2.27. The van der Waals surface area contributed by atoms with Crippen molar-refractivity contribution >= 4 is 23.2 Å². The summed E-state index contributed by atoms with van der Waals surface area (Å²) in [4.78, 5) is 13.6. The molecule has 6 heteroatoms. The Morgan fingerprint density at radius 2 is 1.89 bits per heavy atom. The van der Waals surface area contributed by atoms with Gasteiger partial charge in [0.05, 0.1) is 11.6 Å². The van der Waals surface area contributed by atoms with Crippen LogP contribution < -0.4 is 4.90 Å². The number of nitriles is 1. The lowest BCUT2D eigenvalue weighted by Gasteiger charge is -2.16. The maximum absolute atomic E-state index is 12.1. The van der Waals surface area contributed by atoms with Gasteiger partial charge in [-0.15, -0.1) is 10.2 Å². The van der Waals surface area contributed by atoms with E-state index in [0.717, 1.165) is 0 Å². The van der Waals surface area contributed by atoms with Crippen LogP contribution >= 0.6 is 11.6 Å². The van der Waals surface area contributed by atoms with E-state index < -0.39 is 0 Å². The number of carbonyl (C=O) groups excluding carboxylic acids is 1. The molecule has 0 aliphatic heterocycles. The highest BCUT2D eigenvalue weighted by atomic mass is 35.5. The van der Waals surface area contributed by atoms with Gasteiger partial charge in [-0.2, -0.15) is 5.26 Å². The molecular weight excluding hydrogens is 264 g/mol. The highest BCUT2D eigenvalue weighted by Crippen LogP contribution is 2.15. The van der Waals surface area contributed by atoms with Crippen molar-refractivity contribution in [1.29, 1.82) is 5.26 Å². The van der Waals surface area contributed by atoms with Gasteiger partial charge in [-0.3, -0.25) is 4.79 Å². The predicted octanol–water partition coefficient (Wildman–Crippen LogP) is 2.28. The van der Waals surface area contributed by atoms with E-state index in [1.54, 1.807) is 31.3 Å². The van der Waals surface area contributed by atoms with Crippen LogP contribution in [0.4, 0.5) is 5.69 Å². The number of amides is 1. The van der Waals surface area contributed by atoms with Gasteiger partial charge >= 0.3 is 0 Å². The molecule has 0 saturated carbocycles. The number of nitrogens with zero attached hydrogens (tertiary/aromatic N) is 4. The first-order valence-corrected chi connectivity index (χ1v) is 5.77. The molecule has 0 aliphatic carbocycles. The van der Waals surface area contributed by atoms with E-state index in [9.17, 15) is 4.79 Å². The van der Waals surface area contributed by atoms with Crippen LogP contribution in [0, 0.1) is 11.3 Å². The van der Waals surface area contributed by atoms with E-state index in [4.69, 9.17) is 16.9 Å². The first-order chi connectivity index (χ1) is 9.11. The molecule has 1 aromatic heterocycles. The van der Waals surface area contributed by atoms with Crippen LogP contribution in [0.5, 0.6) is 0 Å². The lowest BCUT2D eigenvalue weighted by molar-refractivity contribution is 0.0987. The Hall–Kier alpha value is -2.45. The van der Waals surface area contributed by atoms with Crippen molar-refractivity contribution in [1.82, 2.24) is 10.2 Å². The molecule has 5 nitrogen and oxygen atoms in total. The molecule has 2 aromatic rings. The summed E-state index contributed by atoms with van der Waals surface area (Å²) in [6, 6.07) is 11.7. The molecule has 0 saturated heterocycles. The van der Waals surface area contributed by atoms with E-state index in [2.05, 4.69) is 10.2 Å². The zero-order chi connectivity index (χ0) is 13.8. The number of rotatable bonds is 2. The average Bonchev–Trinajstić information content (AvgIpc) is 2.46. The quantitative estimate of drug-likeness (QED) is 0.841. The fourth-order valence-electron chi connectivity index (χ4n) is 1.48. The van der Waals surface area contributed by atoms with Crippen molar-refractivity contribution in [2.24, 2.45) is 0 Å². The number of hydrogen-bond acceptors (Lipinski definition) is 4. The molecule has 2 rings (SSSR count). The summed E-state index contributed by atoms with van der Waals surface area (Å²) in [6.45, 7) is 0. The van der Waals surface area contributed by atoms with Crippen LogP contribution in [-0.4, -0.2) is 23.2 Å². The van der Waals surface area contributed by atoms with E-state index in [0.29, 0.717) is 11.3 Å². The Morgan fingerprint density at radius 3 is 2.42 bits per heavy atom. The number of benzene rings is 1. The average molecular weight is 273 g/mol. The summed E-state index contributed by atoms with van der Waals surface area (Å²) in [5.41, 5.74) is 1.41. The van der Waals surface area contributed by atoms with Gasteiger partial charge in [-0.05, 0) is 36.4 Å². The van der Waals surface area contributed by atoms with Gasteiger partial charge in [0.2, 0.25) is 0 Å². The second-order valence-corrected chi connectivity index (χ2v) is 4.15. The number of carbonyl (C=O) groups is 1. The molecule has 0 bridgehead atoms. The highest BCUT2D eigenvalue weighted by molar-refractivity contribution is 6.29. The zero-order valence-corrected chi connectivity index (χ0v) is 10.8. The van der Waals surface area contributed by atoms with Gasteiger partial charge in [0.1, 0.15) is 0 Å². The molecule has 0 aliphatic rings. The van der Waals surface area contributed by atoms with Crippen molar-refractivity contribution < 1.29 is 4.79 Å². The standard InChI is InChI=1S/C13H9ClN4O/c1-18(10-4-2-9(8-15)3-5-10)13(19)11-6-7-12(14)17-16-11/h2-7H,1H3. The lowest BCUT2D eigenvalue weighted by atomic mass is 10.2. The molecule has 0 fully saturated rings. The monoisotopic (exact) mass is 272 g/mol. The molecule has 0 spiro atoms. The van der Waals surface area contributed by atoms with Crippen molar-refractivity contribution in [3.63, 3.8) is 0 Å². The van der Waals surface area contributed by atoms with Gasteiger partial charge in [0, 0.05) is 12.7 Å². The summed E-state index contributed by atoms with van der Waals surface area (Å²) in [5, 5.41) is 16.3. The van der Waals surface area contributed by atoms with E-state index in [1.165, 1.54) is 17.0 Å². The van der Waals surface area contributed by atoms with E-state index in [1.807, 2.05) is 6.07 Å². The summed E-state index contributed by atoms with van der Waals surface area (Å²) in [7, 11) is 1.63. The number of halogens is 1. The SMILES string of the molecule is CN(C(=O)c1ccc(Cl)nn1)c1ccc(C#N)cc1. The molecule has 94 valence electrons. The Kier molecular flexibility index (Phi) is 3.74. The zero-order valence-electron chi connectivity index (χ0n) is 10.0. The van der Waals surface area contributed by atoms with Crippen LogP contribution in [0.2, 0.25) is 5.15 Å². The third-order valence-electron chi connectivity index (χ3n) is 2.54. The molecule has 1 heterocycles. The van der Waals surface area contributed by atoms with Crippen LogP contribution in [0.1, 0.15) is 16.1 Å². The van der Waals surface area contributed by atoms with Crippen LogP contribution in [-0.2, 0) is 0 Å². The van der Waals surface area contributed by atoms with Crippen LogP contribution in [0.15, 0.2) is 36.4 Å². The molecule has 0 N–H and O–H groups in total. The summed E-state index contributed by atoms with van der Waals surface area (Å²) in [6.07, 6.45) is 0. The van der Waals surface area contributed by atoms with E-state index in [-0.39, 0.29) is 16.8 Å². The normalized spacial score (nSPS) is 9.74. The fourth-order valence-corrected chi connectivity index (χ4v) is 1.58. The molecule has 1 amide bonds. The molecule has 0 radical (unpaired) electrons. The smallest absolute Gasteiger partial charge is 0.278 e. The molecule has 19 heavy (non-hydrogen) atoms. The third-order valence-corrected chi connectivity index (χ3v) is 2.74. The predicted molar refractivity (Wildman–Crippen MR) is 70.9 cm³/mol. The Labute approximate surface area is 115 Å². The number of hydrogen-bond donors (Lipinski definition) is 0. The minimum atomic E-state index is -0.297. The summed E-state index contributed by atoms with van der Waals surface area (Å²) >= 11 is 5.62. The number of anilines is 1. The van der Waals surface area contributed by atoms with Crippen molar-refractivity contribution in [2.75, 3.05) is 11.9 Å². The maximum Gasteiger partial charge on any atom is 0.278 e. The second kappa shape index (κ2) is 5.46. The van der Waals surface area contributed by atoms with Crippen LogP contribution in [0.25, 0.3) is 0 Å². The molecule has 1 aromatic carbocycles. The minimum Gasteiger partial charge on any atom is -0.310 e. The third kappa shape index (κ3) is 2.87. The van der Waals surface area contributed by atoms with Crippen molar-refractivity contribution in [3.05, 3.63) is 52.8 Å². The largest absolute Gasteiger partial charge is 0.310 e. The molecular formula is C13H9ClN4O. The summed E-state index contributed by atoms with van der Waals surface area (Å²) in [5.74, 6) is -0.297. The minimum absolute atomic E-state index is 0.205. The maximum atomic E-state index is 12.1. The van der Waals surface area contributed by atoms with Gasteiger partial charge in [-0.1, -0.05) is 11.6 Å². The second-order valence-electron chi connectivity index (χ2n) is 3.76. The highest BCUT2D eigenvalue weighted by Gasteiger charge is 2.15. The first-order valence-electron chi connectivity index (χ1n) is 5.39. The van der Waals surface area contributed by atoms with E-state index >= 15 is 0 Å². The van der Waals surface area contributed by atoms with Gasteiger partial charge in [0.15, 0.2) is 10.8 Å². The molecule has 0 atom stereocenters. The Bertz CT molecular complexity index is 631. The van der Waals surface area contributed by atoms with Crippen molar-refractivity contribution in [3.8, 4) is 6.07 Å². The Balaban J connectivity index is 2.23. The fraction of sp³-hybridized carbons (Fsp3) is 0.0769. The topological polar surface area (TPSA) is 69.9 Å². The summed E-state index contributed by atoms with van der Waals surface area (Å²) < 4.78 is 0. The number of aromatic nitrogens is 2. The van der Waals surface area contributed by atoms with Crippen molar-refractivity contribution in [2.45, 2.75) is 0 Å². The first kappa shape index (κ1) is 13.0. The van der Waals surface area contributed by atoms with Crippen LogP contribution in [0.3, 0.4) is 0 Å². The molecule has 0 unspecified atom stereocenters. The van der Waals surface area contributed by atoms with Gasteiger partial charge in [0.25, 0.3) is 5.91 Å². The van der Waals surface area contributed by atoms with Gasteiger partial charge < -0.3 is 4.90 Å².